The Morgan fingerprint density at radius 1 is 1.18 bits per heavy atom. The number of carbonyl (C=O) groups excluding carboxylic acids is 1. The number of benzene rings is 2. The quantitative estimate of drug-likeness (QED) is 0.255. The molecule has 4 aromatic rings. The van der Waals surface area contributed by atoms with Crippen LogP contribution in [0.15, 0.2) is 71.9 Å². The van der Waals surface area contributed by atoms with Gasteiger partial charge < -0.3 is 14.5 Å². The van der Waals surface area contributed by atoms with E-state index in [2.05, 4.69) is 15.8 Å². The molecule has 3 heterocycles. The van der Waals surface area contributed by atoms with Crippen LogP contribution in [0.3, 0.4) is 0 Å². The second-order valence-corrected chi connectivity index (χ2v) is 11.1. The molecule has 2 aromatic heterocycles. The summed E-state index contributed by atoms with van der Waals surface area (Å²) < 4.78 is 31.5. The Hall–Kier alpha value is -4.47. The lowest BCUT2D eigenvalue weighted by Gasteiger charge is -2.27. The second kappa shape index (κ2) is 10.7. The zero-order valence-electron chi connectivity index (χ0n) is 20.9. The van der Waals surface area contributed by atoms with Gasteiger partial charge in [0.25, 0.3) is 5.69 Å². The predicted octanol–water partition coefficient (Wildman–Crippen LogP) is 3.46. The van der Waals surface area contributed by atoms with E-state index in [1.165, 1.54) is 18.2 Å². The molecule has 0 saturated heterocycles. The standard InChI is InChI=1S/C27H26N6O5S/c28-17-22-5-3-13-31(22)15-11-25(30-39(37,38)26-7-1-6-24-23(26)10-12-29-24)27(34)32-14-2-4-19-8-9-21(33(35)36)16-20(19)18-32/h1,3,5-10,12-13,16,25,29-30H,2,4,11,14-15,18H2. The SMILES string of the molecule is N#Cc1cccn1CCC(NS(=O)(=O)c1cccc2[nH]ccc12)C(=O)N1CCCc2ccc([N+](=O)[O-])cc2C1. The maximum absolute atomic E-state index is 13.9. The minimum Gasteiger partial charge on any atom is -0.361 e. The van der Waals surface area contributed by atoms with Crippen LogP contribution in [0.5, 0.6) is 0 Å². The number of H-pyrrole nitrogens is 1. The Labute approximate surface area is 224 Å². The summed E-state index contributed by atoms with van der Waals surface area (Å²) >= 11 is 0. The lowest BCUT2D eigenvalue weighted by atomic mass is 10.0. The van der Waals surface area contributed by atoms with Crippen LogP contribution in [0.25, 0.3) is 10.9 Å². The van der Waals surface area contributed by atoms with E-state index in [1.807, 2.05) is 0 Å². The molecule has 0 aliphatic carbocycles. The van der Waals surface area contributed by atoms with Gasteiger partial charge in [0.05, 0.1) is 9.82 Å². The Morgan fingerprint density at radius 3 is 2.82 bits per heavy atom. The summed E-state index contributed by atoms with van der Waals surface area (Å²) in [4.78, 5) is 29.4. The van der Waals surface area contributed by atoms with Gasteiger partial charge in [-0.3, -0.25) is 14.9 Å². The van der Waals surface area contributed by atoms with E-state index in [0.717, 1.165) is 5.56 Å². The van der Waals surface area contributed by atoms with Gasteiger partial charge in [0.1, 0.15) is 17.8 Å². The van der Waals surface area contributed by atoms with Gasteiger partial charge in [0, 0.05) is 55.1 Å². The number of fused-ring (bicyclic) bond motifs is 2. The summed E-state index contributed by atoms with van der Waals surface area (Å²) in [6.45, 7) is 0.743. The van der Waals surface area contributed by atoms with Gasteiger partial charge in [-0.05, 0) is 60.7 Å². The zero-order chi connectivity index (χ0) is 27.6. The fourth-order valence-corrected chi connectivity index (χ4v) is 6.47. The fourth-order valence-electron chi connectivity index (χ4n) is 5.02. The number of non-ortho nitro benzene ring substituents is 1. The molecule has 2 N–H and O–H groups in total. The first-order valence-electron chi connectivity index (χ1n) is 12.5. The Bertz CT molecular complexity index is 1700. The number of nitriles is 1. The third kappa shape index (κ3) is 5.41. The Morgan fingerprint density at radius 2 is 2.03 bits per heavy atom. The molecule has 0 bridgehead atoms. The number of hydrogen-bond donors (Lipinski definition) is 2. The topological polar surface area (TPSA) is 154 Å². The average molecular weight is 547 g/mol. The summed E-state index contributed by atoms with van der Waals surface area (Å²) in [5.41, 5.74) is 2.59. The number of aryl methyl sites for hydroxylation is 2. The summed E-state index contributed by atoms with van der Waals surface area (Å²) in [6, 6.07) is 15.5. The van der Waals surface area contributed by atoms with Crippen molar-refractivity contribution in [1.29, 1.82) is 5.26 Å². The predicted molar refractivity (Wildman–Crippen MR) is 143 cm³/mol. The molecule has 0 radical (unpaired) electrons. The van der Waals surface area contributed by atoms with Gasteiger partial charge in [0.2, 0.25) is 15.9 Å². The summed E-state index contributed by atoms with van der Waals surface area (Å²) in [5, 5.41) is 21.2. The lowest BCUT2D eigenvalue weighted by molar-refractivity contribution is -0.384. The maximum atomic E-state index is 13.9. The van der Waals surface area contributed by atoms with Crippen molar-refractivity contribution in [3.05, 3.63) is 93.9 Å². The molecule has 0 saturated carbocycles. The number of nitrogens with zero attached hydrogens (tertiary/aromatic N) is 4. The van der Waals surface area contributed by atoms with Gasteiger partial charge in [-0.25, -0.2) is 8.42 Å². The van der Waals surface area contributed by atoms with Crippen LogP contribution in [0, 0.1) is 21.4 Å². The molecule has 1 amide bonds. The molecule has 1 atom stereocenters. The van der Waals surface area contributed by atoms with Gasteiger partial charge in [0.15, 0.2) is 0 Å². The number of aromatic nitrogens is 2. The van der Waals surface area contributed by atoms with Crippen LogP contribution in [-0.4, -0.2) is 46.3 Å². The van der Waals surface area contributed by atoms with E-state index in [-0.39, 0.29) is 30.1 Å². The van der Waals surface area contributed by atoms with Crippen LogP contribution in [-0.2, 0) is 34.3 Å². The van der Waals surface area contributed by atoms with Crippen molar-refractivity contribution < 1.29 is 18.1 Å². The van der Waals surface area contributed by atoms with E-state index >= 15 is 0 Å². The van der Waals surface area contributed by atoms with E-state index in [9.17, 15) is 28.6 Å². The monoisotopic (exact) mass is 546 g/mol. The molecular formula is C27H26N6O5S. The molecule has 0 fully saturated rings. The van der Waals surface area contributed by atoms with Crippen LogP contribution in [0.1, 0.15) is 29.7 Å². The van der Waals surface area contributed by atoms with Gasteiger partial charge in [-0.2, -0.15) is 9.98 Å². The summed E-state index contributed by atoms with van der Waals surface area (Å²) in [6.07, 6.45) is 4.74. The van der Waals surface area contributed by atoms with E-state index in [0.29, 0.717) is 41.5 Å². The van der Waals surface area contributed by atoms with Crippen molar-refractivity contribution in [2.45, 2.75) is 43.3 Å². The van der Waals surface area contributed by atoms with E-state index in [4.69, 9.17) is 0 Å². The van der Waals surface area contributed by atoms with Crippen LogP contribution >= 0.6 is 0 Å². The Balaban J connectivity index is 1.45. The molecule has 1 aliphatic heterocycles. The van der Waals surface area contributed by atoms with Crippen LogP contribution in [0.2, 0.25) is 0 Å². The molecule has 1 aliphatic rings. The third-order valence-electron chi connectivity index (χ3n) is 6.99. The van der Waals surface area contributed by atoms with E-state index < -0.39 is 26.9 Å². The van der Waals surface area contributed by atoms with Gasteiger partial charge >= 0.3 is 0 Å². The van der Waals surface area contributed by atoms with E-state index in [1.54, 1.807) is 58.3 Å². The minimum absolute atomic E-state index is 0.0505. The number of nitrogens with one attached hydrogen (secondary N) is 2. The molecular weight excluding hydrogens is 520 g/mol. The molecule has 39 heavy (non-hydrogen) atoms. The van der Waals surface area contributed by atoms with Crippen molar-refractivity contribution in [3.63, 3.8) is 0 Å². The number of sulfonamides is 1. The number of amides is 1. The number of nitro benzene ring substituents is 1. The number of hydrogen-bond acceptors (Lipinski definition) is 6. The third-order valence-corrected chi connectivity index (χ3v) is 8.52. The second-order valence-electron chi connectivity index (χ2n) is 9.43. The molecule has 2 aromatic carbocycles. The highest BCUT2D eigenvalue weighted by Gasteiger charge is 2.31. The maximum Gasteiger partial charge on any atom is 0.269 e. The summed E-state index contributed by atoms with van der Waals surface area (Å²) in [7, 11) is -4.12. The van der Waals surface area contributed by atoms with Crippen molar-refractivity contribution in [2.75, 3.05) is 6.54 Å². The largest absolute Gasteiger partial charge is 0.361 e. The van der Waals surface area contributed by atoms with Crippen LogP contribution < -0.4 is 4.72 Å². The first-order valence-corrected chi connectivity index (χ1v) is 13.9. The van der Waals surface area contributed by atoms with Crippen molar-refractivity contribution in [3.8, 4) is 6.07 Å². The molecule has 0 spiro atoms. The highest BCUT2D eigenvalue weighted by molar-refractivity contribution is 7.89. The van der Waals surface area contributed by atoms with Gasteiger partial charge in [-0.15, -0.1) is 0 Å². The molecule has 200 valence electrons. The molecule has 1 unspecified atom stereocenters. The fraction of sp³-hybridized carbons (Fsp3) is 0.259. The Kier molecular flexibility index (Phi) is 7.19. The minimum atomic E-state index is -4.12. The first-order chi connectivity index (χ1) is 18.8. The molecule has 12 heteroatoms. The highest BCUT2D eigenvalue weighted by Crippen LogP contribution is 2.26. The average Bonchev–Trinajstić information content (AvgIpc) is 3.54. The number of rotatable bonds is 8. The first kappa shape index (κ1) is 26.1. The number of carbonyl (C=O) groups is 1. The summed E-state index contributed by atoms with van der Waals surface area (Å²) in [5.74, 6) is -0.426. The molecule has 11 nitrogen and oxygen atoms in total. The number of aromatic amines is 1. The van der Waals surface area contributed by atoms with Crippen molar-refractivity contribution in [1.82, 2.24) is 19.2 Å². The smallest absolute Gasteiger partial charge is 0.269 e. The highest BCUT2D eigenvalue weighted by atomic mass is 32.2. The molecule has 5 rings (SSSR count). The van der Waals surface area contributed by atoms with Crippen molar-refractivity contribution in [2.24, 2.45) is 0 Å². The normalized spacial score (nSPS) is 14.4. The zero-order valence-corrected chi connectivity index (χ0v) is 21.7. The van der Waals surface area contributed by atoms with Crippen LogP contribution in [0.4, 0.5) is 5.69 Å². The number of nitro groups is 1. The lowest BCUT2D eigenvalue weighted by Crippen LogP contribution is -2.48. The van der Waals surface area contributed by atoms with Gasteiger partial charge in [-0.1, -0.05) is 12.1 Å². The van der Waals surface area contributed by atoms with Crippen molar-refractivity contribution >= 4 is 32.5 Å².